The van der Waals surface area contributed by atoms with Crippen molar-refractivity contribution >= 4 is 5.91 Å². The van der Waals surface area contributed by atoms with Crippen LogP contribution in [0.15, 0.2) is 30.3 Å². The lowest BCUT2D eigenvalue weighted by Gasteiger charge is -2.17. The molecule has 0 radical (unpaired) electrons. The number of amides is 1. The third-order valence-corrected chi connectivity index (χ3v) is 3.05. The minimum Gasteiger partial charge on any atom is -0.389 e. The van der Waals surface area contributed by atoms with Gasteiger partial charge in [0.05, 0.1) is 5.60 Å². The van der Waals surface area contributed by atoms with E-state index in [1.54, 1.807) is 13.8 Å². The Labute approximate surface area is 102 Å². The molecule has 1 aromatic carbocycles. The monoisotopic (exact) mass is 233 g/mol. The highest BCUT2D eigenvalue weighted by molar-refractivity contribution is 5.82. The van der Waals surface area contributed by atoms with E-state index in [-0.39, 0.29) is 11.8 Å². The molecule has 2 rings (SSSR count). The standard InChI is InChI=1S/C14H19NO2/c1-14(2,17)9-15-13(16)12-8-11(12)10-6-4-3-5-7-10/h3-7,11-12,17H,8-9H2,1-2H3,(H,15,16). The maximum absolute atomic E-state index is 11.8. The summed E-state index contributed by atoms with van der Waals surface area (Å²) in [7, 11) is 0. The summed E-state index contributed by atoms with van der Waals surface area (Å²) in [5.41, 5.74) is 0.392. The molecule has 0 aliphatic heterocycles. The number of hydrogen-bond acceptors (Lipinski definition) is 2. The fourth-order valence-corrected chi connectivity index (χ4v) is 1.99. The van der Waals surface area contributed by atoms with E-state index in [1.165, 1.54) is 5.56 Å². The SMILES string of the molecule is CC(C)(O)CNC(=O)C1CC1c1ccccc1. The molecule has 0 spiro atoms. The van der Waals surface area contributed by atoms with Crippen LogP contribution in [0, 0.1) is 5.92 Å². The smallest absolute Gasteiger partial charge is 0.223 e. The highest BCUT2D eigenvalue weighted by Crippen LogP contribution is 2.47. The van der Waals surface area contributed by atoms with E-state index in [0.29, 0.717) is 12.5 Å². The van der Waals surface area contributed by atoms with Gasteiger partial charge in [-0.2, -0.15) is 0 Å². The van der Waals surface area contributed by atoms with Gasteiger partial charge < -0.3 is 10.4 Å². The van der Waals surface area contributed by atoms with Crippen LogP contribution in [0.5, 0.6) is 0 Å². The number of rotatable bonds is 4. The van der Waals surface area contributed by atoms with Crippen LogP contribution in [0.25, 0.3) is 0 Å². The van der Waals surface area contributed by atoms with E-state index in [2.05, 4.69) is 17.4 Å². The maximum Gasteiger partial charge on any atom is 0.223 e. The summed E-state index contributed by atoms with van der Waals surface area (Å²) in [6.07, 6.45) is 0.918. The Morgan fingerprint density at radius 1 is 1.41 bits per heavy atom. The average molecular weight is 233 g/mol. The lowest BCUT2D eigenvalue weighted by atomic mass is 10.1. The van der Waals surface area contributed by atoms with E-state index in [9.17, 15) is 9.90 Å². The summed E-state index contributed by atoms with van der Waals surface area (Å²) in [5.74, 6) is 0.499. The number of benzene rings is 1. The molecule has 0 saturated heterocycles. The van der Waals surface area contributed by atoms with Gasteiger partial charge in [0.15, 0.2) is 0 Å². The van der Waals surface area contributed by atoms with Crippen LogP contribution in [0.1, 0.15) is 31.7 Å². The normalized spacial score (nSPS) is 23.2. The van der Waals surface area contributed by atoms with Gasteiger partial charge in [-0.15, -0.1) is 0 Å². The van der Waals surface area contributed by atoms with Crippen molar-refractivity contribution in [1.82, 2.24) is 5.32 Å². The van der Waals surface area contributed by atoms with Gasteiger partial charge in [0.2, 0.25) is 5.91 Å². The predicted octanol–water partition coefficient (Wildman–Crippen LogP) is 1.68. The number of hydrogen-bond donors (Lipinski definition) is 2. The third-order valence-electron chi connectivity index (χ3n) is 3.05. The van der Waals surface area contributed by atoms with Crippen molar-refractivity contribution in [3.8, 4) is 0 Å². The van der Waals surface area contributed by atoms with Crippen LogP contribution in [-0.2, 0) is 4.79 Å². The Kier molecular flexibility index (Phi) is 3.20. The molecule has 1 aliphatic carbocycles. The molecule has 17 heavy (non-hydrogen) atoms. The summed E-state index contributed by atoms with van der Waals surface area (Å²) in [5, 5.41) is 12.3. The molecule has 1 aromatic rings. The van der Waals surface area contributed by atoms with Crippen molar-refractivity contribution in [2.75, 3.05) is 6.54 Å². The molecule has 1 aliphatic rings. The van der Waals surface area contributed by atoms with Gasteiger partial charge in [0.25, 0.3) is 0 Å². The molecule has 2 atom stereocenters. The summed E-state index contributed by atoms with van der Waals surface area (Å²) in [4.78, 5) is 11.8. The molecule has 1 fully saturated rings. The third kappa shape index (κ3) is 3.30. The first-order valence-electron chi connectivity index (χ1n) is 6.02. The lowest BCUT2D eigenvalue weighted by Crippen LogP contribution is -2.39. The van der Waals surface area contributed by atoms with Gasteiger partial charge in [0, 0.05) is 12.5 Å². The quantitative estimate of drug-likeness (QED) is 0.831. The Bertz CT molecular complexity index is 394. The second-order valence-corrected chi connectivity index (χ2v) is 5.39. The molecule has 1 amide bonds. The zero-order valence-electron chi connectivity index (χ0n) is 10.3. The van der Waals surface area contributed by atoms with Gasteiger partial charge in [0.1, 0.15) is 0 Å². The summed E-state index contributed by atoms with van der Waals surface area (Å²) >= 11 is 0. The van der Waals surface area contributed by atoms with Crippen molar-refractivity contribution in [1.29, 1.82) is 0 Å². The Balaban J connectivity index is 1.85. The second kappa shape index (κ2) is 4.49. The molecular weight excluding hydrogens is 214 g/mol. The summed E-state index contributed by atoms with van der Waals surface area (Å²) in [6, 6.07) is 10.1. The first kappa shape index (κ1) is 12.1. The molecule has 0 aromatic heterocycles. The molecule has 0 heterocycles. The number of aliphatic hydroxyl groups is 1. The Morgan fingerprint density at radius 3 is 2.65 bits per heavy atom. The highest BCUT2D eigenvalue weighted by atomic mass is 16.3. The molecule has 3 nitrogen and oxygen atoms in total. The number of carbonyl (C=O) groups is 1. The van der Waals surface area contributed by atoms with Crippen LogP contribution >= 0.6 is 0 Å². The molecule has 3 heteroatoms. The second-order valence-electron chi connectivity index (χ2n) is 5.39. The largest absolute Gasteiger partial charge is 0.389 e. The van der Waals surface area contributed by atoms with Crippen LogP contribution in [0.2, 0.25) is 0 Å². The first-order valence-corrected chi connectivity index (χ1v) is 6.02. The number of carbonyl (C=O) groups excluding carboxylic acids is 1. The van der Waals surface area contributed by atoms with Crippen LogP contribution in [-0.4, -0.2) is 23.2 Å². The summed E-state index contributed by atoms with van der Waals surface area (Å²) < 4.78 is 0. The fraction of sp³-hybridized carbons (Fsp3) is 0.500. The highest BCUT2D eigenvalue weighted by Gasteiger charge is 2.43. The van der Waals surface area contributed by atoms with E-state index in [1.807, 2.05) is 18.2 Å². The van der Waals surface area contributed by atoms with Crippen LogP contribution in [0.4, 0.5) is 0 Å². The molecule has 92 valence electrons. The lowest BCUT2D eigenvalue weighted by molar-refractivity contribution is -0.123. The van der Waals surface area contributed by atoms with Crippen molar-refractivity contribution in [2.45, 2.75) is 31.8 Å². The Morgan fingerprint density at radius 2 is 2.06 bits per heavy atom. The van der Waals surface area contributed by atoms with E-state index in [4.69, 9.17) is 0 Å². The molecule has 0 bridgehead atoms. The number of nitrogens with one attached hydrogen (secondary N) is 1. The summed E-state index contributed by atoms with van der Waals surface area (Å²) in [6.45, 7) is 3.69. The molecule has 1 saturated carbocycles. The zero-order chi connectivity index (χ0) is 12.5. The zero-order valence-corrected chi connectivity index (χ0v) is 10.3. The van der Waals surface area contributed by atoms with E-state index >= 15 is 0 Å². The predicted molar refractivity (Wildman–Crippen MR) is 66.6 cm³/mol. The van der Waals surface area contributed by atoms with Crippen LogP contribution < -0.4 is 5.32 Å². The van der Waals surface area contributed by atoms with Crippen LogP contribution in [0.3, 0.4) is 0 Å². The minimum atomic E-state index is -0.840. The van der Waals surface area contributed by atoms with Crippen molar-refractivity contribution in [2.24, 2.45) is 5.92 Å². The Hall–Kier alpha value is -1.35. The van der Waals surface area contributed by atoms with Crippen molar-refractivity contribution < 1.29 is 9.90 Å². The maximum atomic E-state index is 11.8. The van der Waals surface area contributed by atoms with Crippen molar-refractivity contribution in [3.63, 3.8) is 0 Å². The van der Waals surface area contributed by atoms with Gasteiger partial charge in [-0.05, 0) is 31.7 Å². The fourth-order valence-electron chi connectivity index (χ4n) is 1.99. The van der Waals surface area contributed by atoms with E-state index < -0.39 is 5.60 Å². The molecule has 2 N–H and O–H groups in total. The van der Waals surface area contributed by atoms with Gasteiger partial charge in [-0.25, -0.2) is 0 Å². The van der Waals surface area contributed by atoms with E-state index in [0.717, 1.165) is 6.42 Å². The van der Waals surface area contributed by atoms with Gasteiger partial charge in [-0.3, -0.25) is 4.79 Å². The van der Waals surface area contributed by atoms with Crippen molar-refractivity contribution in [3.05, 3.63) is 35.9 Å². The average Bonchev–Trinajstić information content (AvgIpc) is 3.06. The minimum absolute atomic E-state index is 0.0565. The molecule has 2 unspecified atom stereocenters. The van der Waals surface area contributed by atoms with Gasteiger partial charge >= 0.3 is 0 Å². The van der Waals surface area contributed by atoms with Gasteiger partial charge in [-0.1, -0.05) is 30.3 Å². The molecular formula is C14H19NO2. The first-order chi connectivity index (χ1) is 7.97. The topological polar surface area (TPSA) is 49.3 Å².